The van der Waals surface area contributed by atoms with Crippen LogP contribution in [0.5, 0.6) is 0 Å². The van der Waals surface area contributed by atoms with Gasteiger partial charge in [-0.15, -0.1) is 0 Å². The quantitative estimate of drug-likeness (QED) is 0.380. The molecular formula is C14H11N5. The summed E-state index contributed by atoms with van der Waals surface area (Å²) in [6.07, 6.45) is 1.78. The van der Waals surface area contributed by atoms with E-state index in [0.29, 0.717) is 5.69 Å². The van der Waals surface area contributed by atoms with Gasteiger partial charge in [0.1, 0.15) is 6.33 Å². The van der Waals surface area contributed by atoms with Gasteiger partial charge in [-0.3, -0.25) is 4.57 Å². The van der Waals surface area contributed by atoms with Crippen molar-refractivity contribution in [3.8, 4) is 5.69 Å². The smallest absolute Gasteiger partial charge is 0.100 e. The standard InChI is InChI=1S/C14H11N5/c1-10-3-2-4-12(7-10)19-9-16-13-8-11(17-18-15)5-6-14(13)19/h2-9H,1H3. The van der Waals surface area contributed by atoms with Crippen molar-refractivity contribution in [2.24, 2.45) is 5.11 Å². The minimum atomic E-state index is 0.574. The molecule has 0 radical (unpaired) electrons. The molecule has 0 saturated carbocycles. The Morgan fingerprint density at radius 1 is 1.21 bits per heavy atom. The van der Waals surface area contributed by atoms with Gasteiger partial charge in [0, 0.05) is 16.3 Å². The van der Waals surface area contributed by atoms with Crippen LogP contribution in [0.1, 0.15) is 5.56 Å². The van der Waals surface area contributed by atoms with Crippen molar-refractivity contribution in [2.75, 3.05) is 0 Å². The first-order valence-corrected chi connectivity index (χ1v) is 5.87. The lowest BCUT2D eigenvalue weighted by atomic mass is 10.2. The fourth-order valence-corrected chi connectivity index (χ4v) is 2.10. The van der Waals surface area contributed by atoms with Gasteiger partial charge in [-0.25, -0.2) is 4.98 Å². The highest BCUT2D eigenvalue weighted by atomic mass is 15.1. The summed E-state index contributed by atoms with van der Waals surface area (Å²) in [7, 11) is 0. The minimum Gasteiger partial charge on any atom is -0.299 e. The van der Waals surface area contributed by atoms with Crippen molar-refractivity contribution in [1.29, 1.82) is 0 Å². The lowest BCUT2D eigenvalue weighted by Crippen LogP contribution is -1.91. The summed E-state index contributed by atoms with van der Waals surface area (Å²) in [5.74, 6) is 0. The van der Waals surface area contributed by atoms with Gasteiger partial charge in [0.2, 0.25) is 0 Å². The van der Waals surface area contributed by atoms with Crippen LogP contribution in [-0.2, 0) is 0 Å². The third-order valence-electron chi connectivity index (χ3n) is 2.97. The lowest BCUT2D eigenvalue weighted by Gasteiger charge is -2.05. The molecule has 0 spiro atoms. The number of azide groups is 1. The molecule has 5 nitrogen and oxygen atoms in total. The predicted octanol–water partition coefficient (Wildman–Crippen LogP) is 4.28. The average molecular weight is 249 g/mol. The minimum absolute atomic E-state index is 0.574. The van der Waals surface area contributed by atoms with Crippen LogP contribution < -0.4 is 0 Å². The van der Waals surface area contributed by atoms with E-state index in [2.05, 4.69) is 34.1 Å². The molecule has 3 aromatic rings. The van der Waals surface area contributed by atoms with E-state index in [0.717, 1.165) is 16.7 Å². The highest BCUT2D eigenvalue weighted by Gasteiger charge is 2.05. The number of benzene rings is 2. The second kappa shape index (κ2) is 4.48. The number of nitrogens with zero attached hydrogens (tertiary/aromatic N) is 5. The summed E-state index contributed by atoms with van der Waals surface area (Å²) < 4.78 is 2.02. The van der Waals surface area contributed by atoms with E-state index in [4.69, 9.17) is 5.53 Å². The molecule has 0 fully saturated rings. The summed E-state index contributed by atoms with van der Waals surface area (Å²) in [6, 6.07) is 13.7. The Labute approximate surface area is 109 Å². The Morgan fingerprint density at radius 3 is 2.89 bits per heavy atom. The maximum atomic E-state index is 8.44. The average Bonchev–Trinajstić information content (AvgIpc) is 2.82. The first-order valence-electron chi connectivity index (χ1n) is 5.87. The van der Waals surface area contributed by atoms with E-state index in [9.17, 15) is 0 Å². The third kappa shape index (κ3) is 2.03. The maximum absolute atomic E-state index is 8.44. The van der Waals surface area contributed by atoms with Crippen molar-refractivity contribution in [2.45, 2.75) is 6.92 Å². The van der Waals surface area contributed by atoms with Crippen LogP contribution in [0.2, 0.25) is 0 Å². The molecule has 0 saturated heterocycles. The molecule has 1 aromatic heterocycles. The molecule has 0 atom stereocenters. The van der Waals surface area contributed by atoms with Crippen molar-refractivity contribution < 1.29 is 0 Å². The molecule has 0 bridgehead atoms. The normalized spacial score (nSPS) is 10.4. The van der Waals surface area contributed by atoms with E-state index in [1.165, 1.54) is 5.56 Å². The molecule has 0 aliphatic heterocycles. The van der Waals surface area contributed by atoms with E-state index < -0.39 is 0 Å². The van der Waals surface area contributed by atoms with Crippen LogP contribution in [0.25, 0.3) is 27.2 Å². The van der Waals surface area contributed by atoms with Gasteiger partial charge in [0.15, 0.2) is 0 Å². The first-order chi connectivity index (χ1) is 9.28. The van der Waals surface area contributed by atoms with E-state index in [1.807, 2.05) is 22.8 Å². The van der Waals surface area contributed by atoms with Crippen LogP contribution >= 0.6 is 0 Å². The molecule has 0 amide bonds. The Balaban J connectivity index is 2.18. The molecule has 0 aliphatic carbocycles. The monoisotopic (exact) mass is 249 g/mol. The number of aryl methyl sites for hydroxylation is 1. The number of hydrogen-bond donors (Lipinski definition) is 0. The third-order valence-corrected chi connectivity index (χ3v) is 2.97. The van der Waals surface area contributed by atoms with Crippen LogP contribution in [0.3, 0.4) is 0 Å². The topological polar surface area (TPSA) is 66.6 Å². The fraction of sp³-hybridized carbons (Fsp3) is 0.0714. The molecule has 0 N–H and O–H groups in total. The van der Waals surface area contributed by atoms with Gasteiger partial charge in [-0.05, 0) is 42.3 Å². The molecule has 0 aliphatic rings. The van der Waals surface area contributed by atoms with Crippen LogP contribution in [0.4, 0.5) is 5.69 Å². The molecule has 1 heterocycles. The zero-order chi connectivity index (χ0) is 13.2. The maximum Gasteiger partial charge on any atom is 0.100 e. The number of aromatic nitrogens is 2. The van der Waals surface area contributed by atoms with Crippen LogP contribution in [0.15, 0.2) is 53.9 Å². The van der Waals surface area contributed by atoms with E-state index in [-0.39, 0.29) is 0 Å². The van der Waals surface area contributed by atoms with Gasteiger partial charge in [-0.1, -0.05) is 23.3 Å². The molecule has 19 heavy (non-hydrogen) atoms. The Kier molecular flexibility index (Phi) is 2.67. The molecular weight excluding hydrogens is 238 g/mol. The molecule has 2 aromatic carbocycles. The summed E-state index contributed by atoms with van der Waals surface area (Å²) in [6.45, 7) is 2.06. The molecule has 0 unspecified atom stereocenters. The van der Waals surface area contributed by atoms with Crippen molar-refractivity contribution in [3.63, 3.8) is 0 Å². The number of imidazole rings is 1. The first kappa shape index (κ1) is 11.3. The highest BCUT2D eigenvalue weighted by molar-refractivity contribution is 5.80. The summed E-state index contributed by atoms with van der Waals surface area (Å²) >= 11 is 0. The summed E-state index contributed by atoms with van der Waals surface area (Å²) in [4.78, 5) is 7.13. The van der Waals surface area contributed by atoms with Crippen molar-refractivity contribution >= 4 is 16.7 Å². The molecule has 5 heteroatoms. The SMILES string of the molecule is Cc1cccc(-n2cnc3cc(N=[N+]=[N-])ccc32)c1. The van der Waals surface area contributed by atoms with Crippen LogP contribution in [0, 0.1) is 6.92 Å². The van der Waals surface area contributed by atoms with Gasteiger partial charge in [-0.2, -0.15) is 0 Å². The van der Waals surface area contributed by atoms with Crippen molar-refractivity contribution in [3.05, 3.63) is 64.8 Å². The second-order valence-electron chi connectivity index (χ2n) is 4.32. The highest BCUT2D eigenvalue weighted by Crippen LogP contribution is 2.23. The van der Waals surface area contributed by atoms with Gasteiger partial charge in [0.25, 0.3) is 0 Å². The summed E-state index contributed by atoms with van der Waals surface area (Å²) in [5.41, 5.74) is 13.1. The summed E-state index contributed by atoms with van der Waals surface area (Å²) in [5, 5.41) is 3.58. The zero-order valence-electron chi connectivity index (χ0n) is 10.4. The Morgan fingerprint density at radius 2 is 2.11 bits per heavy atom. The van der Waals surface area contributed by atoms with Crippen LogP contribution in [-0.4, -0.2) is 9.55 Å². The second-order valence-corrected chi connectivity index (χ2v) is 4.32. The van der Waals surface area contributed by atoms with E-state index >= 15 is 0 Å². The largest absolute Gasteiger partial charge is 0.299 e. The molecule has 92 valence electrons. The van der Waals surface area contributed by atoms with E-state index in [1.54, 1.807) is 18.5 Å². The number of rotatable bonds is 2. The van der Waals surface area contributed by atoms with Gasteiger partial charge in [0.05, 0.1) is 11.0 Å². The van der Waals surface area contributed by atoms with Gasteiger partial charge < -0.3 is 0 Å². The number of hydrogen-bond acceptors (Lipinski definition) is 2. The zero-order valence-corrected chi connectivity index (χ0v) is 10.4. The Hall–Kier alpha value is -2.78. The fourth-order valence-electron chi connectivity index (χ4n) is 2.10. The van der Waals surface area contributed by atoms with Crippen molar-refractivity contribution in [1.82, 2.24) is 9.55 Å². The lowest BCUT2D eigenvalue weighted by molar-refractivity contribution is 1.09. The predicted molar refractivity (Wildman–Crippen MR) is 74.6 cm³/mol. The Bertz CT molecular complexity index is 796. The van der Waals surface area contributed by atoms with Gasteiger partial charge >= 0.3 is 0 Å². The molecule has 3 rings (SSSR count). The number of fused-ring (bicyclic) bond motifs is 1.